The Balaban J connectivity index is 1.78. The van der Waals surface area contributed by atoms with Gasteiger partial charge < -0.3 is 4.74 Å². The van der Waals surface area contributed by atoms with Gasteiger partial charge in [0.15, 0.2) is 5.75 Å². The fraction of sp³-hybridized carbons (Fsp3) is 0.0833. The van der Waals surface area contributed by atoms with Gasteiger partial charge >= 0.3 is 0 Å². The molecule has 136 valence electrons. The standard InChI is InChI=1S/C24H19N3O/c1-27-23(21-13-6-3-7-14-21)24(22(26-27)20-11-4-2-5-12-20)28-17-19-10-8-9-18(15-19)16-25/h2-15H,17H2,1H3. The predicted octanol–water partition coefficient (Wildman–Crippen LogP) is 5.20. The van der Waals surface area contributed by atoms with E-state index in [1.165, 1.54) is 0 Å². The Morgan fingerprint density at radius 3 is 2.25 bits per heavy atom. The minimum absolute atomic E-state index is 0.362. The molecule has 0 N–H and O–H groups in total. The summed E-state index contributed by atoms with van der Waals surface area (Å²) < 4.78 is 8.15. The van der Waals surface area contributed by atoms with Crippen LogP contribution < -0.4 is 4.74 Å². The molecule has 0 saturated carbocycles. The Hall–Kier alpha value is -3.84. The fourth-order valence-electron chi connectivity index (χ4n) is 3.23. The number of nitriles is 1. The molecule has 0 unspecified atom stereocenters. The van der Waals surface area contributed by atoms with E-state index in [1.807, 2.05) is 78.5 Å². The molecule has 0 aliphatic heterocycles. The number of benzene rings is 3. The van der Waals surface area contributed by atoms with Crippen molar-refractivity contribution in [1.29, 1.82) is 5.26 Å². The molecule has 1 heterocycles. The molecule has 0 saturated heterocycles. The number of aromatic nitrogens is 2. The smallest absolute Gasteiger partial charge is 0.173 e. The van der Waals surface area contributed by atoms with Crippen LogP contribution in [0.3, 0.4) is 0 Å². The maximum Gasteiger partial charge on any atom is 0.173 e. The molecule has 0 spiro atoms. The molecular formula is C24H19N3O. The van der Waals surface area contributed by atoms with E-state index in [0.29, 0.717) is 12.2 Å². The molecular weight excluding hydrogens is 346 g/mol. The van der Waals surface area contributed by atoms with Crippen LogP contribution in [0.4, 0.5) is 0 Å². The first-order valence-electron chi connectivity index (χ1n) is 9.06. The molecule has 0 aliphatic carbocycles. The quantitative estimate of drug-likeness (QED) is 0.488. The van der Waals surface area contributed by atoms with Gasteiger partial charge in [-0.1, -0.05) is 72.8 Å². The number of aryl methyl sites for hydroxylation is 1. The van der Waals surface area contributed by atoms with Crippen LogP contribution in [0, 0.1) is 11.3 Å². The SMILES string of the molecule is Cn1nc(-c2ccccc2)c(OCc2cccc(C#N)c2)c1-c1ccccc1. The summed E-state index contributed by atoms with van der Waals surface area (Å²) in [7, 11) is 1.93. The van der Waals surface area contributed by atoms with Gasteiger partial charge in [0.05, 0.1) is 11.6 Å². The molecule has 0 aliphatic rings. The zero-order valence-electron chi connectivity index (χ0n) is 15.5. The lowest BCUT2D eigenvalue weighted by Crippen LogP contribution is -1.99. The van der Waals surface area contributed by atoms with Crippen molar-refractivity contribution in [3.8, 4) is 34.3 Å². The van der Waals surface area contributed by atoms with Gasteiger partial charge in [-0.05, 0) is 17.7 Å². The molecule has 0 fully saturated rings. The Bertz CT molecular complexity index is 1130. The summed E-state index contributed by atoms with van der Waals surface area (Å²) in [4.78, 5) is 0. The molecule has 4 rings (SSSR count). The summed E-state index contributed by atoms with van der Waals surface area (Å²) >= 11 is 0. The number of nitrogens with zero attached hydrogens (tertiary/aromatic N) is 3. The summed E-state index contributed by atoms with van der Waals surface area (Å²) in [6, 6.07) is 29.8. The molecule has 3 aromatic carbocycles. The normalized spacial score (nSPS) is 10.4. The van der Waals surface area contributed by atoms with Crippen LogP contribution in [-0.4, -0.2) is 9.78 Å². The number of ether oxygens (including phenoxy) is 1. The molecule has 0 atom stereocenters. The summed E-state index contributed by atoms with van der Waals surface area (Å²) in [5.41, 5.74) is 5.34. The highest BCUT2D eigenvalue weighted by molar-refractivity contribution is 5.78. The van der Waals surface area contributed by atoms with Gasteiger partial charge in [0, 0.05) is 18.2 Å². The van der Waals surface area contributed by atoms with Crippen molar-refractivity contribution in [2.75, 3.05) is 0 Å². The highest BCUT2D eigenvalue weighted by Crippen LogP contribution is 2.38. The average molecular weight is 365 g/mol. The first-order valence-corrected chi connectivity index (χ1v) is 9.06. The summed E-state index contributed by atoms with van der Waals surface area (Å²) in [6.45, 7) is 0.362. The van der Waals surface area contributed by atoms with E-state index >= 15 is 0 Å². The number of hydrogen-bond donors (Lipinski definition) is 0. The molecule has 28 heavy (non-hydrogen) atoms. The Morgan fingerprint density at radius 2 is 1.57 bits per heavy atom. The average Bonchev–Trinajstić information content (AvgIpc) is 3.09. The van der Waals surface area contributed by atoms with Crippen molar-refractivity contribution < 1.29 is 4.74 Å². The third kappa shape index (κ3) is 3.51. The molecule has 0 bridgehead atoms. The van der Waals surface area contributed by atoms with Crippen molar-refractivity contribution in [3.05, 3.63) is 96.1 Å². The van der Waals surface area contributed by atoms with Gasteiger partial charge in [0.2, 0.25) is 0 Å². The number of hydrogen-bond acceptors (Lipinski definition) is 3. The predicted molar refractivity (Wildman–Crippen MR) is 110 cm³/mol. The van der Waals surface area contributed by atoms with Crippen molar-refractivity contribution in [3.63, 3.8) is 0 Å². The fourth-order valence-corrected chi connectivity index (χ4v) is 3.23. The van der Waals surface area contributed by atoms with Crippen LogP contribution in [0.15, 0.2) is 84.9 Å². The Labute approximate surface area is 164 Å². The van der Waals surface area contributed by atoms with Gasteiger partial charge in [-0.3, -0.25) is 4.68 Å². The number of rotatable bonds is 5. The Morgan fingerprint density at radius 1 is 0.893 bits per heavy atom. The lowest BCUT2D eigenvalue weighted by molar-refractivity contribution is 0.308. The van der Waals surface area contributed by atoms with Gasteiger partial charge in [0.1, 0.15) is 18.0 Å². The van der Waals surface area contributed by atoms with E-state index in [1.54, 1.807) is 6.07 Å². The monoisotopic (exact) mass is 365 g/mol. The first-order chi connectivity index (χ1) is 13.8. The summed E-state index contributed by atoms with van der Waals surface area (Å²) in [6.07, 6.45) is 0. The van der Waals surface area contributed by atoms with Crippen molar-refractivity contribution in [2.45, 2.75) is 6.61 Å². The van der Waals surface area contributed by atoms with Crippen LogP contribution in [0.5, 0.6) is 5.75 Å². The van der Waals surface area contributed by atoms with Crippen LogP contribution in [0.1, 0.15) is 11.1 Å². The van der Waals surface area contributed by atoms with E-state index in [4.69, 9.17) is 15.1 Å². The summed E-state index contributed by atoms with van der Waals surface area (Å²) in [5.74, 6) is 0.738. The second-order valence-electron chi connectivity index (χ2n) is 6.48. The molecule has 0 radical (unpaired) electrons. The first kappa shape index (κ1) is 17.6. The van der Waals surface area contributed by atoms with E-state index in [0.717, 1.165) is 33.8 Å². The van der Waals surface area contributed by atoms with Crippen molar-refractivity contribution in [2.24, 2.45) is 7.05 Å². The van der Waals surface area contributed by atoms with Crippen LogP contribution >= 0.6 is 0 Å². The van der Waals surface area contributed by atoms with E-state index in [9.17, 15) is 0 Å². The van der Waals surface area contributed by atoms with Crippen LogP contribution in [0.2, 0.25) is 0 Å². The minimum Gasteiger partial charge on any atom is -0.484 e. The van der Waals surface area contributed by atoms with Gasteiger partial charge in [-0.2, -0.15) is 10.4 Å². The van der Waals surface area contributed by atoms with Gasteiger partial charge in [-0.15, -0.1) is 0 Å². The zero-order valence-corrected chi connectivity index (χ0v) is 15.5. The van der Waals surface area contributed by atoms with E-state index < -0.39 is 0 Å². The maximum absolute atomic E-state index is 9.13. The highest BCUT2D eigenvalue weighted by atomic mass is 16.5. The molecule has 0 amide bonds. The molecule has 4 aromatic rings. The summed E-state index contributed by atoms with van der Waals surface area (Å²) in [5, 5.41) is 13.9. The third-order valence-electron chi connectivity index (χ3n) is 4.54. The zero-order chi connectivity index (χ0) is 19.3. The lowest BCUT2D eigenvalue weighted by Gasteiger charge is -2.10. The topological polar surface area (TPSA) is 50.8 Å². The van der Waals surface area contributed by atoms with E-state index in [2.05, 4.69) is 18.2 Å². The molecule has 1 aromatic heterocycles. The highest BCUT2D eigenvalue weighted by Gasteiger charge is 2.20. The van der Waals surface area contributed by atoms with Gasteiger partial charge in [-0.25, -0.2) is 0 Å². The second kappa shape index (κ2) is 7.81. The van der Waals surface area contributed by atoms with Crippen LogP contribution in [-0.2, 0) is 13.7 Å². The maximum atomic E-state index is 9.13. The second-order valence-corrected chi connectivity index (χ2v) is 6.48. The largest absolute Gasteiger partial charge is 0.484 e. The molecule has 4 nitrogen and oxygen atoms in total. The van der Waals surface area contributed by atoms with Crippen LogP contribution in [0.25, 0.3) is 22.5 Å². The molecule has 4 heteroatoms. The lowest BCUT2D eigenvalue weighted by atomic mass is 10.1. The Kier molecular flexibility index (Phi) is 4.90. The van der Waals surface area contributed by atoms with Crippen molar-refractivity contribution >= 4 is 0 Å². The van der Waals surface area contributed by atoms with Crippen molar-refractivity contribution in [1.82, 2.24) is 9.78 Å². The van der Waals surface area contributed by atoms with E-state index in [-0.39, 0.29) is 0 Å². The van der Waals surface area contributed by atoms with Gasteiger partial charge in [0.25, 0.3) is 0 Å². The third-order valence-corrected chi connectivity index (χ3v) is 4.54. The minimum atomic E-state index is 0.362.